The molecule has 0 spiro atoms. The van der Waals surface area contributed by atoms with Gasteiger partial charge in [-0.25, -0.2) is 0 Å². The maximum Gasteiger partial charge on any atom is 0.415 e. The number of rotatable bonds is 3. The molecule has 0 bridgehead atoms. The third kappa shape index (κ3) is 3.97. The first-order chi connectivity index (χ1) is 7.43. The number of morpholine rings is 1. The van der Waals surface area contributed by atoms with E-state index < -0.39 is 24.4 Å². The Morgan fingerprint density at radius 1 is 1.50 bits per heavy atom. The van der Waals surface area contributed by atoms with Gasteiger partial charge >= 0.3 is 12.1 Å². The van der Waals surface area contributed by atoms with Gasteiger partial charge in [0.25, 0.3) is 0 Å². The Labute approximate surface area is 91.1 Å². The Morgan fingerprint density at radius 2 is 2.19 bits per heavy atom. The van der Waals surface area contributed by atoms with Crippen LogP contribution in [-0.4, -0.2) is 44.0 Å². The van der Waals surface area contributed by atoms with E-state index in [-0.39, 0.29) is 26.1 Å². The average Bonchev–Trinajstić information content (AvgIpc) is 2.17. The van der Waals surface area contributed by atoms with E-state index in [9.17, 15) is 18.0 Å². The van der Waals surface area contributed by atoms with Crippen LogP contribution in [0.3, 0.4) is 0 Å². The number of esters is 1. The van der Waals surface area contributed by atoms with Gasteiger partial charge in [0.15, 0.2) is 6.10 Å². The summed E-state index contributed by atoms with van der Waals surface area (Å²) in [7, 11) is 0. The van der Waals surface area contributed by atoms with Crippen molar-refractivity contribution in [2.24, 2.45) is 0 Å². The summed E-state index contributed by atoms with van der Waals surface area (Å²) in [6.07, 6.45) is -7.19. The first kappa shape index (κ1) is 13.2. The number of hydrogen-bond donors (Lipinski definition) is 1. The lowest BCUT2D eigenvalue weighted by Gasteiger charge is -2.31. The van der Waals surface area contributed by atoms with E-state index in [0.717, 1.165) is 0 Å². The monoisotopic (exact) mass is 241 g/mol. The molecule has 0 radical (unpaired) electrons. The molecule has 16 heavy (non-hydrogen) atoms. The van der Waals surface area contributed by atoms with Gasteiger partial charge in [-0.05, 0) is 6.92 Å². The van der Waals surface area contributed by atoms with Crippen LogP contribution >= 0.6 is 0 Å². The molecule has 2 atom stereocenters. The van der Waals surface area contributed by atoms with Crippen LogP contribution < -0.4 is 5.32 Å². The van der Waals surface area contributed by atoms with Gasteiger partial charge in [0, 0.05) is 13.1 Å². The molecule has 2 unspecified atom stereocenters. The summed E-state index contributed by atoms with van der Waals surface area (Å²) in [6, 6.07) is 0. The van der Waals surface area contributed by atoms with Crippen molar-refractivity contribution in [3.63, 3.8) is 0 Å². The molecule has 0 aliphatic carbocycles. The normalized spacial score (nSPS) is 26.5. The molecule has 1 heterocycles. The minimum absolute atomic E-state index is 0.159. The lowest BCUT2D eigenvalue weighted by Crippen LogP contribution is -2.51. The van der Waals surface area contributed by atoms with Crippen molar-refractivity contribution in [3.8, 4) is 0 Å². The summed E-state index contributed by atoms with van der Waals surface area (Å²) < 4.78 is 46.4. The number of carbonyl (C=O) groups excluding carboxylic acids is 1. The lowest BCUT2D eigenvalue weighted by molar-refractivity contribution is -0.240. The van der Waals surface area contributed by atoms with Crippen LogP contribution in [0.4, 0.5) is 13.2 Å². The maximum atomic E-state index is 12.3. The van der Waals surface area contributed by atoms with Crippen LogP contribution in [0.1, 0.15) is 13.3 Å². The van der Waals surface area contributed by atoms with Crippen molar-refractivity contribution in [2.45, 2.75) is 31.7 Å². The Hall–Kier alpha value is -0.820. The topological polar surface area (TPSA) is 47.6 Å². The standard InChI is InChI=1S/C9H14F3NO3/c1-2-15-8(14)3-6-4-13-5-7(16-6)9(10,11)12/h6-7,13H,2-5H2,1H3. The Bertz CT molecular complexity index is 245. The number of hydrogen-bond acceptors (Lipinski definition) is 4. The molecule has 1 aliphatic rings. The predicted octanol–water partition coefficient (Wildman–Crippen LogP) is 0.859. The summed E-state index contributed by atoms with van der Waals surface area (Å²) >= 11 is 0. The molecular weight excluding hydrogens is 227 g/mol. The van der Waals surface area contributed by atoms with Crippen LogP contribution in [-0.2, 0) is 14.3 Å². The van der Waals surface area contributed by atoms with Gasteiger partial charge in [-0.15, -0.1) is 0 Å². The Kier molecular flexibility index (Phi) is 4.55. The summed E-state index contributed by atoms with van der Waals surface area (Å²) in [5, 5.41) is 2.59. The SMILES string of the molecule is CCOC(=O)CC1CNCC(C(F)(F)F)O1. The van der Waals surface area contributed by atoms with E-state index in [1.807, 2.05) is 0 Å². The largest absolute Gasteiger partial charge is 0.466 e. The fraction of sp³-hybridized carbons (Fsp3) is 0.889. The minimum Gasteiger partial charge on any atom is -0.466 e. The number of ether oxygens (including phenoxy) is 2. The smallest absolute Gasteiger partial charge is 0.415 e. The molecule has 0 aromatic rings. The first-order valence-corrected chi connectivity index (χ1v) is 5.02. The van der Waals surface area contributed by atoms with Crippen molar-refractivity contribution in [2.75, 3.05) is 19.7 Å². The van der Waals surface area contributed by atoms with Crippen molar-refractivity contribution in [1.82, 2.24) is 5.32 Å². The number of halogens is 3. The minimum atomic E-state index is -4.40. The fourth-order valence-electron chi connectivity index (χ4n) is 1.42. The summed E-state index contributed by atoms with van der Waals surface area (Å²) in [5.41, 5.74) is 0. The van der Waals surface area contributed by atoms with Gasteiger partial charge in [-0.1, -0.05) is 0 Å². The molecular formula is C9H14F3NO3. The van der Waals surface area contributed by atoms with Gasteiger partial charge in [-0.2, -0.15) is 13.2 Å². The van der Waals surface area contributed by atoms with Gasteiger partial charge < -0.3 is 14.8 Å². The second-order valence-electron chi connectivity index (χ2n) is 3.46. The van der Waals surface area contributed by atoms with Gasteiger partial charge in [0.05, 0.1) is 19.1 Å². The molecule has 1 saturated heterocycles. The zero-order valence-corrected chi connectivity index (χ0v) is 8.84. The zero-order valence-electron chi connectivity index (χ0n) is 8.84. The highest BCUT2D eigenvalue weighted by molar-refractivity contribution is 5.69. The summed E-state index contributed by atoms with van der Waals surface area (Å²) in [5.74, 6) is -0.544. The van der Waals surface area contributed by atoms with Crippen LogP contribution in [0.15, 0.2) is 0 Å². The van der Waals surface area contributed by atoms with Crippen LogP contribution in [0.2, 0.25) is 0 Å². The lowest BCUT2D eigenvalue weighted by atomic mass is 10.2. The van der Waals surface area contributed by atoms with Crippen LogP contribution in [0, 0.1) is 0 Å². The highest BCUT2D eigenvalue weighted by atomic mass is 19.4. The molecule has 1 N–H and O–H groups in total. The van der Waals surface area contributed by atoms with E-state index >= 15 is 0 Å². The van der Waals surface area contributed by atoms with Crippen LogP contribution in [0.25, 0.3) is 0 Å². The van der Waals surface area contributed by atoms with Gasteiger partial charge in [0.2, 0.25) is 0 Å². The summed E-state index contributed by atoms with van der Waals surface area (Å²) in [6.45, 7) is 1.80. The Morgan fingerprint density at radius 3 is 2.75 bits per heavy atom. The highest BCUT2D eigenvalue weighted by Gasteiger charge is 2.43. The average molecular weight is 241 g/mol. The fourth-order valence-corrected chi connectivity index (χ4v) is 1.42. The molecule has 0 aromatic carbocycles. The van der Waals surface area contributed by atoms with Gasteiger partial charge in [0.1, 0.15) is 0 Å². The first-order valence-electron chi connectivity index (χ1n) is 5.02. The molecule has 0 saturated carbocycles. The van der Waals surface area contributed by atoms with Crippen molar-refractivity contribution in [3.05, 3.63) is 0 Å². The molecule has 1 rings (SSSR count). The molecule has 4 nitrogen and oxygen atoms in total. The number of nitrogens with one attached hydrogen (secondary N) is 1. The third-order valence-electron chi connectivity index (χ3n) is 2.12. The zero-order chi connectivity index (χ0) is 12.2. The van der Waals surface area contributed by atoms with Crippen molar-refractivity contribution < 1.29 is 27.4 Å². The Balaban J connectivity index is 2.42. The van der Waals surface area contributed by atoms with E-state index in [0.29, 0.717) is 0 Å². The van der Waals surface area contributed by atoms with Crippen molar-refractivity contribution in [1.29, 1.82) is 0 Å². The summed E-state index contributed by atoms with van der Waals surface area (Å²) in [4.78, 5) is 11.1. The second-order valence-corrected chi connectivity index (χ2v) is 3.46. The van der Waals surface area contributed by atoms with E-state index in [4.69, 9.17) is 4.74 Å². The molecule has 94 valence electrons. The molecule has 0 amide bonds. The van der Waals surface area contributed by atoms with E-state index in [1.165, 1.54) is 0 Å². The second kappa shape index (κ2) is 5.49. The molecule has 7 heteroatoms. The van der Waals surface area contributed by atoms with E-state index in [2.05, 4.69) is 10.1 Å². The molecule has 0 aromatic heterocycles. The van der Waals surface area contributed by atoms with Crippen LogP contribution in [0.5, 0.6) is 0 Å². The van der Waals surface area contributed by atoms with E-state index in [1.54, 1.807) is 6.92 Å². The third-order valence-corrected chi connectivity index (χ3v) is 2.12. The highest BCUT2D eigenvalue weighted by Crippen LogP contribution is 2.25. The number of carbonyl (C=O) groups is 1. The van der Waals surface area contributed by atoms with Crippen molar-refractivity contribution >= 4 is 5.97 Å². The van der Waals surface area contributed by atoms with Gasteiger partial charge in [-0.3, -0.25) is 4.79 Å². The molecule has 1 fully saturated rings. The molecule has 1 aliphatic heterocycles. The predicted molar refractivity (Wildman–Crippen MR) is 48.8 cm³/mol. The number of alkyl halides is 3. The quantitative estimate of drug-likeness (QED) is 0.744. The maximum absolute atomic E-state index is 12.3.